The smallest absolute Gasteiger partial charge is 0.243 e. The summed E-state index contributed by atoms with van der Waals surface area (Å²) in [6, 6.07) is 16.7. The molecule has 2 aromatic carbocycles. The first-order valence-corrected chi connectivity index (χ1v) is 10.8. The molecule has 2 amide bonds. The Balaban J connectivity index is 2.22. The van der Waals surface area contributed by atoms with Crippen molar-refractivity contribution >= 4 is 35.2 Å². The van der Waals surface area contributed by atoms with E-state index in [0.717, 1.165) is 10.5 Å². The largest absolute Gasteiger partial charge is 0.352 e. The Labute approximate surface area is 176 Å². The second-order valence-electron chi connectivity index (χ2n) is 6.80. The van der Waals surface area contributed by atoms with Crippen LogP contribution in [0.2, 0.25) is 5.02 Å². The zero-order valence-corrected chi connectivity index (χ0v) is 18.1. The third-order valence-electron chi connectivity index (χ3n) is 4.22. The molecule has 1 atom stereocenters. The topological polar surface area (TPSA) is 49.4 Å². The summed E-state index contributed by atoms with van der Waals surface area (Å²) in [5.74, 6) is 0.0436. The Morgan fingerprint density at radius 2 is 1.71 bits per heavy atom. The number of hydrogen-bond donors (Lipinski definition) is 1. The molecule has 0 aliphatic rings. The van der Waals surface area contributed by atoms with Gasteiger partial charge in [-0.2, -0.15) is 0 Å². The molecule has 0 saturated heterocycles. The van der Waals surface area contributed by atoms with Gasteiger partial charge in [-0.25, -0.2) is 0 Å². The number of hydrogen-bond acceptors (Lipinski definition) is 3. The van der Waals surface area contributed by atoms with Gasteiger partial charge in [-0.1, -0.05) is 54.9 Å². The van der Waals surface area contributed by atoms with Gasteiger partial charge < -0.3 is 10.2 Å². The fraction of sp³-hybridized carbons (Fsp3) is 0.364. The van der Waals surface area contributed by atoms with Crippen LogP contribution in [0.25, 0.3) is 0 Å². The highest BCUT2D eigenvalue weighted by molar-refractivity contribution is 8.00. The van der Waals surface area contributed by atoms with E-state index in [4.69, 9.17) is 11.6 Å². The van der Waals surface area contributed by atoms with Crippen LogP contribution in [0, 0.1) is 0 Å². The van der Waals surface area contributed by atoms with E-state index in [-0.39, 0.29) is 23.6 Å². The van der Waals surface area contributed by atoms with Crippen molar-refractivity contribution in [2.45, 2.75) is 50.7 Å². The summed E-state index contributed by atoms with van der Waals surface area (Å²) >= 11 is 7.78. The Morgan fingerprint density at radius 3 is 2.32 bits per heavy atom. The molecule has 150 valence electrons. The van der Waals surface area contributed by atoms with Crippen LogP contribution in [0.4, 0.5) is 0 Å². The Kier molecular flexibility index (Phi) is 8.87. The van der Waals surface area contributed by atoms with Crippen molar-refractivity contribution in [3.63, 3.8) is 0 Å². The van der Waals surface area contributed by atoms with Gasteiger partial charge in [0.15, 0.2) is 0 Å². The van der Waals surface area contributed by atoms with Crippen LogP contribution in [0.15, 0.2) is 59.5 Å². The van der Waals surface area contributed by atoms with Crippen LogP contribution in [-0.4, -0.2) is 34.6 Å². The average Bonchev–Trinajstić information content (AvgIpc) is 2.67. The van der Waals surface area contributed by atoms with E-state index in [2.05, 4.69) is 5.32 Å². The molecule has 0 radical (unpaired) electrons. The molecule has 0 fully saturated rings. The fourth-order valence-electron chi connectivity index (χ4n) is 2.86. The number of amides is 2. The molecular formula is C22H27ClN2O2S. The molecule has 4 nitrogen and oxygen atoms in total. The minimum atomic E-state index is -0.539. The number of thioether (sulfide) groups is 1. The number of benzene rings is 2. The lowest BCUT2D eigenvalue weighted by Gasteiger charge is -2.31. The maximum absolute atomic E-state index is 13.1. The zero-order valence-electron chi connectivity index (χ0n) is 16.5. The Hall–Kier alpha value is -1.98. The summed E-state index contributed by atoms with van der Waals surface area (Å²) in [5, 5.41) is 3.52. The average molecular weight is 419 g/mol. The third-order valence-corrected chi connectivity index (χ3v) is 5.59. The van der Waals surface area contributed by atoms with Crippen molar-refractivity contribution in [3.05, 3.63) is 65.2 Å². The van der Waals surface area contributed by atoms with E-state index in [0.29, 0.717) is 18.0 Å². The molecule has 0 spiro atoms. The molecule has 0 aromatic heterocycles. The van der Waals surface area contributed by atoms with E-state index in [1.807, 2.05) is 69.3 Å². The Bertz CT molecular complexity index is 783. The minimum absolute atomic E-state index is 0.0116. The molecule has 0 aliphatic heterocycles. The highest BCUT2D eigenvalue weighted by Crippen LogP contribution is 2.22. The van der Waals surface area contributed by atoms with Crippen LogP contribution < -0.4 is 5.32 Å². The number of halogens is 1. The molecule has 1 N–H and O–H groups in total. The summed E-state index contributed by atoms with van der Waals surface area (Å²) in [4.78, 5) is 28.5. The maximum atomic E-state index is 13.1. The van der Waals surface area contributed by atoms with Crippen LogP contribution >= 0.6 is 23.4 Å². The van der Waals surface area contributed by atoms with Gasteiger partial charge in [0.1, 0.15) is 6.04 Å². The van der Waals surface area contributed by atoms with E-state index >= 15 is 0 Å². The third kappa shape index (κ3) is 6.57. The second kappa shape index (κ2) is 11.1. The molecule has 2 rings (SSSR count). The van der Waals surface area contributed by atoms with Gasteiger partial charge in [0, 0.05) is 22.5 Å². The predicted molar refractivity (Wildman–Crippen MR) is 117 cm³/mol. The molecule has 6 heteroatoms. The van der Waals surface area contributed by atoms with E-state index < -0.39 is 6.04 Å². The normalized spacial score (nSPS) is 11.9. The van der Waals surface area contributed by atoms with Gasteiger partial charge in [0.2, 0.25) is 11.8 Å². The Morgan fingerprint density at radius 1 is 1.07 bits per heavy atom. The number of carbonyl (C=O) groups excluding carboxylic acids is 2. The molecule has 2 aromatic rings. The summed E-state index contributed by atoms with van der Waals surface area (Å²) < 4.78 is 0. The monoisotopic (exact) mass is 418 g/mol. The highest BCUT2D eigenvalue weighted by Gasteiger charge is 2.29. The lowest BCUT2D eigenvalue weighted by Crippen LogP contribution is -2.51. The SMILES string of the molecule is CCC(C(=O)NC(C)C)N(Cc1ccccc1Cl)C(=O)CSc1ccccc1. The number of nitrogens with one attached hydrogen (secondary N) is 1. The lowest BCUT2D eigenvalue weighted by molar-refractivity contribution is -0.139. The van der Waals surface area contributed by atoms with Crippen molar-refractivity contribution in [2.24, 2.45) is 0 Å². The molecule has 1 unspecified atom stereocenters. The summed E-state index contributed by atoms with van der Waals surface area (Å²) in [7, 11) is 0. The molecule has 0 saturated carbocycles. The maximum Gasteiger partial charge on any atom is 0.243 e. The van der Waals surface area contributed by atoms with Gasteiger partial charge in [0.25, 0.3) is 0 Å². The zero-order chi connectivity index (χ0) is 20.5. The predicted octanol–water partition coefficient (Wildman–Crippen LogP) is 4.76. The summed E-state index contributed by atoms with van der Waals surface area (Å²) in [6.07, 6.45) is 0.532. The minimum Gasteiger partial charge on any atom is -0.352 e. The number of rotatable bonds is 9. The molecule has 28 heavy (non-hydrogen) atoms. The standard InChI is InChI=1S/C22H27ClN2O2S/c1-4-20(22(27)24-16(2)3)25(14-17-10-8-9-13-19(17)23)21(26)15-28-18-11-6-5-7-12-18/h5-13,16,20H,4,14-15H2,1-3H3,(H,24,27). The van der Waals surface area contributed by atoms with Crippen molar-refractivity contribution < 1.29 is 9.59 Å². The molecule has 0 heterocycles. The summed E-state index contributed by atoms with van der Waals surface area (Å²) in [6.45, 7) is 6.05. The number of carbonyl (C=O) groups is 2. The van der Waals surface area contributed by atoms with Crippen molar-refractivity contribution in [3.8, 4) is 0 Å². The lowest BCUT2D eigenvalue weighted by atomic mass is 10.1. The second-order valence-corrected chi connectivity index (χ2v) is 8.26. The van der Waals surface area contributed by atoms with Gasteiger partial charge in [0.05, 0.1) is 5.75 Å². The highest BCUT2D eigenvalue weighted by atomic mass is 35.5. The molecular weight excluding hydrogens is 392 g/mol. The number of nitrogens with zero attached hydrogens (tertiary/aromatic N) is 1. The fourth-order valence-corrected chi connectivity index (χ4v) is 3.86. The van der Waals surface area contributed by atoms with Crippen LogP contribution in [0.5, 0.6) is 0 Å². The van der Waals surface area contributed by atoms with Gasteiger partial charge in [-0.3, -0.25) is 9.59 Å². The first kappa shape index (κ1) is 22.3. The van der Waals surface area contributed by atoms with Crippen molar-refractivity contribution in [1.29, 1.82) is 0 Å². The van der Waals surface area contributed by atoms with Gasteiger partial charge in [-0.15, -0.1) is 11.8 Å². The van der Waals surface area contributed by atoms with E-state index in [1.54, 1.807) is 11.0 Å². The van der Waals surface area contributed by atoms with Crippen LogP contribution in [0.3, 0.4) is 0 Å². The van der Waals surface area contributed by atoms with Gasteiger partial charge in [-0.05, 0) is 44.0 Å². The van der Waals surface area contributed by atoms with Gasteiger partial charge >= 0.3 is 0 Å². The van der Waals surface area contributed by atoms with E-state index in [1.165, 1.54) is 11.8 Å². The summed E-state index contributed by atoms with van der Waals surface area (Å²) in [5.41, 5.74) is 0.832. The molecule has 0 aliphatic carbocycles. The first-order chi connectivity index (χ1) is 13.4. The van der Waals surface area contributed by atoms with Crippen molar-refractivity contribution in [2.75, 3.05) is 5.75 Å². The van der Waals surface area contributed by atoms with Crippen LogP contribution in [0.1, 0.15) is 32.8 Å². The first-order valence-electron chi connectivity index (χ1n) is 9.43. The van der Waals surface area contributed by atoms with Crippen LogP contribution in [-0.2, 0) is 16.1 Å². The quantitative estimate of drug-likeness (QED) is 0.597. The molecule has 0 bridgehead atoms. The van der Waals surface area contributed by atoms with E-state index in [9.17, 15) is 9.59 Å². The van der Waals surface area contributed by atoms with Crippen molar-refractivity contribution in [1.82, 2.24) is 10.2 Å².